The molecule has 0 fully saturated rings. The largest absolute Gasteiger partial charge is 0.310 e. The molecule has 0 saturated carbocycles. The molecule has 0 amide bonds. The van der Waals surface area contributed by atoms with Crippen molar-refractivity contribution in [3.8, 4) is 148 Å². The minimum atomic E-state index is -0.355. The van der Waals surface area contributed by atoms with Crippen LogP contribution in [0.3, 0.4) is 0 Å². The lowest BCUT2D eigenvalue weighted by atomic mass is 9.34. The van der Waals surface area contributed by atoms with Gasteiger partial charge in [-0.1, -0.05) is 415 Å². The Bertz CT molecular complexity index is 7280. The Hall–Kier alpha value is -14.4. The van der Waals surface area contributed by atoms with Crippen LogP contribution in [-0.2, 0) is 43.3 Å². The highest BCUT2D eigenvalue weighted by Crippen LogP contribution is 2.48. The number of benzene rings is 13. The summed E-state index contributed by atoms with van der Waals surface area (Å²) in [6.07, 6.45) is 0. The number of aromatic nitrogens is 14. The van der Waals surface area contributed by atoms with Crippen LogP contribution >= 0.6 is 0 Å². The first-order chi connectivity index (χ1) is 64.9. The van der Waals surface area contributed by atoms with Crippen LogP contribution < -0.4 is 16.4 Å². The highest BCUT2D eigenvalue weighted by atomic mass is 15.1. The molecule has 0 radical (unpaired) electrons. The fraction of sp³-hybridized carbons (Fsp3) is 0.262. The fourth-order valence-corrected chi connectivity index (χ4v) is 19.7. The monoisotopic (exact) mass is 1790 g/mol. The predicted molar refractivity (Wildman–Crippen MR) is 568 cm³/mol. The zero-order chi connectivity index (χ0) is 96.0. The maximum atomic E-state index is 5.68. The Kier molecular flexibility index (Phi) is 20.9. The van der Waals surface area contributed by atoms with Gasteiger partial charge in [0.2, 0.25) is 0 Å². The molecule has 137 heavy (non-hydrogen) atoms. The van der Waals surface area contributed by atoms with Crippen LogP contribution in [0.5, 0.6) is 0 Å². The number of fused-ring (bicyclic) bond motifs is 10. The summed E-state index contributed by atoms with van der Waals surface area (Å²) in [5.41, 5.74) is 29.0. The van der Waals surface area contributed by atoms with E-state index in [9.17, 15) is 0 Å². The average Bonchev–Trinajstić information content (AvgIpc) is 1.52. The molecule has 0 atom stereocenters. The molecule has 15 heteroatoms. The Morgan fingerprint density at radius 1 is 0.190 bits per heavy atom. The van der Waals surface area contributed by atoms with Crippen LogP contribution in [0.2, 0.25) is 0 Å². The Balaban J connectivity index is 0.848. The van der Waals surface area contributed by atoms with Crippen LogP contribution in [0.25, 0.3) is 192 Å². The molecule has 2 aliphatic heterocycles. The maximum absolute atomic E-state index is 5.68. The molecule has 0 unspecified atom stereocenters. The summed E-state index contributed by atoms with van der Waals surface area (Å²) in [6, 6.07) is 99.5. The molecule has 0 aliphatic carbocycles. The molecule has 0 N–H and O–H groups in total. The second-order valence-electron chi connectivity index (χ2n) is 46.0. The molecule has 0 saturated heterocycles. The molecule has 19 aromatic rings. The second-order valence-corrected chi connectivity index (χ2v) is 46.0. The third-order valence-electron chi connectivity index (χ3n) is 27.9. The number of rotatable bonds is 12. The van der Waals surface area contributed by atoms with Crippen molar-refractivity contribution in [1.29, 1.82) is 0 Å². The smallest absolute Gasteiger partial charge is 0.252 e. The minimum absolute atomic E-state index is 0.0701. The van der Waals surface area contributed by atoms with E-state index in [1.165, 1.54) is 44.5 Å². The van der Waals surface area contributed by atoms with Gasteiger partial charge in [-0.25, -0.2) is 59.8 Å². The number of hydrogen-bond donors (Lipinski definition) is 0. The SMILES string of the molecule is CC(C)(C)c1ccc(-c2nc(-c3ccc(C(C)(C)C)cc3)nc(-c3ccc4c5c(-c6nc(-c7ccc(C(C)(C)C)cc7)nc(-c7ccc(C(C)(C)C)cc7)n6)ccc6c5n(c4c3)-c3cccc4c3B6c3ccc(-c5nc(-c6ccc(C(C)(C)C)cc6)nc(-c6ccc(C(C)(C)C)cc6)n5)c5c6ccc(-c7nc(-c8ccc(C(C)(C)C)cc8)nc(-c8ccc(C(C)(C)C)cc8)n7)cc6n-4c35)n2)cc1. The first kappa shape index (κ1) is 89.1. The van der Waals surface area contributed by atoms with Gasteiger partial charge in [-0.3, -0.25) is 0 Å². The van der Waals surface area contributed by atoms with Crippen LogP contribution in [0.15, 0.2) is 273 Å². The van der Waals surface area contributed by atoms with Crippen molar-refractivity contribution in [2.75, 3.05) is 0 Å². The van der Waals surface area contributed by atoms with Crippen molar-refractivity contribution in [3.63, 3.8) is 0 Å². The average molecular weight is 1790 g/mol. The van der Waals surface area contributed by atoms with Crippen LogP contribution in [-0.4, -0.2) is 75.7 Å². The van der Waals surface area contributed by atoms with E-state index in [-0.39, 0.29) is 50.0 Å². The predicted octanol–water partition coefficient (Wildman–Crippen LogP) is 28.1. The van der Waals surface area contributed by atoms with Gasteiger partial charge in [-0.05, 0) is 128 Å². The molecule has 21 rings (SSSR count). The maximum Gasteiger partial charge on any atom is 0.252 e. The first-order valence-electron chi connectivity index (χ1n) is 48.2. The summed E-state index contributed by atoms with van der Waals surface area (Å²) in [5, 5.41) is 3.99. The van der Waals surface area contributed by atoms with Crippen molar-refractivity contribution in [2.45, 2.75) is 209 Å². The Labute approximate surface area is 805 Å². The van der Waals surface area contributed by atoms with E-state index in [0.717, 1.165) is 138 Å². The topological polar surface area (TPSA) is 165 Å². The summed E-state index contributed by atoms with van der Waals surface area (Å²) in [4.78, 5) is 66.4. The van der Waals surface area contributed by atoms with Gasteiger partial charge < -0.3 is 9.13 Å². The summed E-state index contributed by atoms with van der Waals surface area (Å²) in [6.45, 7) is 53.6. The van der Waals surface area contributed by atoms with E-state index >= 15 is 0 Å². The minimum Gasteiger partial charge on any atom is -0.310 e. The van der Waals surface area contributed by atoms with Gasteiger partial charge in [0.1, 0.15) is 0 Å². The molecule has 14 nitrogen and oxygen atoms in total. The third-order valence-corrected chi connectivity index (χ3v) is 27.9. The molecule has 8 heterocycles. The van der Waals surface area contributed by atoms with Crippen molar-refractivity contribution in [1.82, 2.24) is 68.9 Å². The van der Waals surface area contributed by atoms with E-state index < -0.39 is 0 Å². The summed E-state index contributed by atoms with van der Waals surface area (Å²) in [5.74, 6) is 6.80. The van der Waals surface area contributed by atoms with Gasteiger partial charge in [-0.2, -0.15) is 0 Å². The summed E-state index contributed by atoms with van der Waals surface area (Å²) < 4.78 is 5.03. The molecule has 13 aromatic carbocycles. The van der Waals surface area contributed by atoms with Gasteiger partial charge in [0.15, 0.2) is 69.9 Å². The van der Waals surface area contributed by atoms with E-state index in [1.54, 1.807) is 0 Å². The number of hydrogen-bond acceptors (Lipinski definition) is 12. The molecular weight excluding hydrogens is 1670 g/mol. The summed E-state index contributed by atoms with van der Waals surface area (Å²) >= 11 is 0. The lowest BCUT2D eigenvalue weighted by Crippen LogP contribution is -2.59. The highest BCUT2D eigenvalue weighted by Gasteiger charge is 2.43. The lowest BCUT2D eigenvalue weighted by molar-refractivity contribution is 0.590. The number of nitrogens with zero attached hydrogens (tertiary/aromatic N) is 14. The zero-order valence-corrected chi connectivity index (χ0v) is 83.3. The van der Waals surface area contributed by atoms with Crippen molar-refractivity contribution >= 4 is 66.7 Å². The van der Waals surface area contributed by atoms with Gasteiger partial charge in [0.25, 0.3) is 6.71 Å². The van der Waals surface area contributed by atoms with E-state index in [4.69, 9.17) is 59.8 Å². The van der Waals surface area contributed by atoms with Crippen LogP contribution in [0.4, 0.5) is 0 Å². The highest BCUT2D eigenvalue weighted by molar-refractivity contribution is 7.00. The van der Waals surface area contributed by atoms with E-state index in [1.807, 2.05) is 0 Å². The molecule has 0 spiro atoms. The van der Waals surface area contributed by atoms with E-state index in [2.05, 4.69) is 448 Å². The Morgan fingerprint density at radius 2 is 0.372 bits per heavy atom. The zero-order valence-electron chi connectivity index (χ0n) is 83.3. The first-order valence-corrected chi connectivity index (χ1v) is 48.2. The third kappa shape index (κ3) is 16.2. The Morgan fingerprint density at radius 3 is 0.569 bits per heavy atom. The lowest BCUT2D eigenvalue weighted by Gasteiger charge is -2.34. The second kappa shape index (κ2) is 32.1. The van der Waals surface area contributed by atoms with Gasteiger partial charge in [0.05, 0.1) is 22.1 Å². The molecule has 6 aromatic heterocycles. The molecule has 2 aliphatic rings. The quantitative estimate of drug-likeness (QED) is 0.106. The van der Waals surface area contributed by atoms with Crippen molar-refractivity contribution in [3.05, 3.63) is 317 Å². The standard InChI is InChI=1S/C122H117BN14/c1-115(2,3)80-46-28-70(29-47-80)103-124-104(71-30-48-81(49-31-71)116(4,5)6)129-111(128-103)78-44-62-88-96(68-78)136-94-26-25-27-95-100(94)123(92-66-64-90(98(88)101(92)136)113-132-107(74-36-54-84(55-37-74)119(13,14)15)126-108(133-113)75-38-56-85(57-39-75)120(16,17)18)93-67-65-91(114-134-109(76-40-58-86(59-41-76)121(19,20)21)127-110(135-114)77-42-60-87(61-43-77)122(22,23)24)99-89-63-45-79(69-97(89)137(95)102(93)99)112-130-105(72-32-50-82(51-33-72)117(7,8)9)125-106(131-112)73-34-52-83(53-35-73)118(10,11)12/h25-69H,1-24H3. The molecule has 0 bridgehead atoms. The van der Waals surface area contributed by atoms with Gasteiger partial charge in [0, 0.05) is 99.7 Å². The van der Waals surface area contributed by atoms with Crippen LogP contribution in [0, 0.1) is 0 Å². The van der Waals surface area contributed by atoms with E-state index in [0.29, 0.717) is 69.9 Å². The fourth-order valence-electron chi connectivity index (χ4n) is 19.7. The molecule has 678 valence electrons. The normalized spacial score (nSPS) is 13.1. The van der Waals surface area contributed by atoms with Crippen LogP contribution in [0.1, 0.15) is 211 Å². The van der Waals surface area contributed by atoms with Crippen molar-refractivity contribution in [2.24, 2.45) is 0 Å². The van der Waals surface area contributed by atoms with Gasteiger partial charge >= 0.3 is 0 Å². The van der Waals surface area contributed by atoms with Crippen molar-refractivity contribution < 1.29 is 0 Å². The van der Waals surface area contributed by atoms with Gasteiger partial charge in [-0.15, -0.1) is 0 Å². The summed E-state index contributed by atoms with van der Waals surface area (Å²) in [7, 11) is 0. The molecular formula is C122H117BN14.